The number of aromatic nitrogens is 2. The second kappa shape index (κ2) is 5.63. The zero-order chi connectivity index (χ0) is 13.0. The number of nitrogens with one attached hydrogen (secondary N) is 1. The molecule has 7 heteroatoms. The summed E-state index contributed by atoms with van der Waals surface area (Å²) in [6.45, 7) is 2.22. The molecule has 98 valence electrons. The summed E-state index contributed by atoms with van der Waals surface area (Å²) >= 11 is 0. The van der Waals surface area contributed by atoms with E-state index in [4.69, 9.17) is 5.73 Å². The fourth-order valence-corrected chi connectivity index (χ4v) is 2.04. The zero-order valence-corrected chi connectivity index (χ0v) is 10.1. The van der Waals surface area contributed by atoms with Crippen molar-refractivity contribution in [1.82, 2.24) is 19.8 Å². The second-order valence-electron chi connectivity index (χ2n) is 4.26. The standard InChI is InChI=1S/C11H17N5O2/c12-11(18)9-7-13-3-6-16(9)10(17)1-4-15-5-2-14-8-15/h2,5,8-9,13H,1,3-4,6-7H2,(H2,12,18). The van der Waals surface area contributed by atoms with Crippen LogP contribution in [0.25, 0.3) is 0 Å². The number of rotatable bonds is 4. The molecule has 2 amide bonds. The molecule has 7 nitrogen and oxygen atoms in total. The van der Waals surface area contributed by atoms with Crippen molar-refractivity contribution in [3.05, 3.63) is 18.7 Å². The molecule has 0 aromatic carbocycles. The summed E-state index contributed by atoms with van der Waals surface area (Å²) in [6.07, 6.45) is 5.48. The van der Waals surface area contributed by atoms with Crippen molar-refractivity contribution in [2.24, 2.45) is 5.73 Å². The number of piperazine rings is 1. The number of carbonyl (C=O) groups excluding carboxylic acids is 2. The lowest BCUT2D eigenvalue weighted by Gasteiger charge is -2.34. The van der Waals surface area contributed by atoms with Crippen molar-refractivity contribution in [3.63, 3.8) is 0 Å². The minimum Gasteiger partial charge on any atom is -0.368 e. The highest BCUT2D eigenvalue weighted by Gasteiger charge is 2.29. The van der Waals surface area contributed by atoms with Gasteiger partial charge >= 0.3 is 0 Å². The predicted octanol–water partition coefficient (Wildman–Crippen LogP) is -1.44. The molecule has 0 saturated carbocycles. The van der Waals surface area contributed by atoms with Gasteiger partial charge in [0.1, 0.15) is 6.04 Å². The van der Waals surface area contributed by atoms with Gasteiger partial charge in [-0.3, -0.25) is 9.59 Å². The molecule has 0 bridgehead atoms. The number of primary amides is 1. The number of amides is 2. The monoisotopic (exact) mass is 251 g/mol. The number of imidazole rings is 1. The molecule has 2 rings (SSSR count). The predicted molar refractivity (Wildman–Crippen MR) is 64.4 cm³/mol. The highest BCUT2D eigenvalue weighted by atomic mass is 16.2. The number of carbonyl (C=O) groups is 2. The van der Waals surface area contributed by atoms with Crippen molar-refractivity contribution in [3.8, 4) is 0 Å². The fraction of sp³-hybridized carbons (Fsp3) is 0.545. The van der Waals surface area contributed by atoms with Crippen molar-refractivity contribution >= 4 is 11.8 Å². The van der Waals surface area contributed by atoms with Gasteiger partial charge in [0.05, 0.1) is 6.33 Å². The number of hydrogen-bond acceptors (Lipinski definition) is 4. The molecule has 1 aliphatic rings. The quantitative estimate of drug-likeness (QED) is 0.685. The Hall–Kier alpha value is -1.89. The van der Waals surface area contributed by atoms with E-state index in [-0.39, 0.29) is 5.91 Å². The van der Waals surface area contributed by atoms with Crippen LogP contribution in [0, 0.1) is 0 Å². The summed E-state index contributed by atoms with van der Waals surface area (Å²) in [4.78, 5) is 28.8. The first-order valence-corrected chi connectivity index (χ1v) is 5.93. The van der Waals surface area contributed by atoms with E-state index in [1.54, 1.807) is 23.6 Å². The maximum absolute atomic E-state index is 12.1. The lowest BCUT2D eigenvalue weighted by molar-refractivity contribution is -0.140. The van der Waals surface area contributed by atoms with Crippen molar-refractivity contribution in [1.29, 1.82) is 0 Å². The van der Waals surface area contributed by atoms with Crippen LogP contribution in [0.2, 0.25) is 0 Å². The highest BCUT2D eigenvalue weighted by Crippen LogP contribution is 2.06. The molecule has 1 aliphatic heterocycles. The van der Waals surface area contributed by atoms with Gasteiger partial charge in [0, 0.05) is 45.0 Å². The van der Waals surface area contributed by atoms with Gasteiger partial charge in [0.15, 0.2) is 0 Å². The molecule has 1 aromatic rings. The Kier molecular flexibility index (Phi) is 3.93. The van der Waals surface area contributed by atoms with Crippen LogP contribution in [0.5, 0.6) is 0 Å². The maximum atomic E-state index is 12.1. The molecule has 1 fully saturated rings. The first-order chi connectivity index (χ1) is 8.68. The van der Waals surface area contributed by atoms with Crippen molar-refractivity contribution in [2.75, 3.05) is 19.6 Å². The van der Waals surface area contributed by atoms with Gasteiger partial charge in [-0.25, -0.2) is 4.98 Å². The summed E-state index contributed by atoms with van der Waals surface area (Å²) in [5.74, 6) is -0.507. The van der Waals surface area contributed by atoms with Gasteiger partial charge in [-0.1, -0.05) is 0 Å². The second-order valence-corrected chi connectivity index (χ2v) is 4.26. The average molecular weight is 251 g/mol. The van der Waals surface area contributed by atoms with Crippen LogP contribution in [0.15, 0.2) is 18.7 Å². The minimum absolute atomic E-state index is 0.0472. The molecule has 0 radical (unpaired) electrons. The Bertz CT molecular complexity index is 417. The van der Waals surface area contributed by atoms with Crippen molar-refractivity contribution < 1.29 is 9.59 Å². The molecule has 2 heterocycles. The minimum atomic E-state index is -0.533. The molecular weight excluding hydrogens is 234 g/mol. The van der Waals surface area contributed by atoms with E-state index >= 15 is 0 Å². The Balaban J connectivity index is 1.92. The summed E-state index contributed by atoms with van der Waals surface area (Å²) in [5.41, 5.74) is 5.30. The summed E-state index contributed by atoms with van der Waals surface area (Å²) < 4.78 is 1.83. The number of hydrogen-bond donors (Lipinski definition) is 2. The van der Waals surface area contributed by atoms with Gasteiger partial charge in [-0.2, -0.15) is 0 Å². The van der Waals surface area contributed by atoms with Crippen molar-refractivity contribution in [2.45, 2.75) is 19.0 Å². The van der Waals surface area contributed by atoms with Crippen LogP contribution in [0.3, 0.4) is 0 Å². The third-order valence-electron chi connectivity index (χ3n) is 3.04. The first-order valence-electron chi connectivity index (χ1n) is 5.93. The average Bonchev–Trinajstić information content (AvgIpc) is 2.89. The fourth-order valence-electron chi connectivity index (χ4n) is 2.04. The number of nitrogens with two attached hydrogens (primary N) is 1. The Morgan fingerprint density at radius 2 is 2.33 bits per heavy atom. The van der Waals surface area contributed by atoms with Crippen LogP contribution >= 0.6 is 0 Å². The molecule has 18 heavy (non-hydrogen) atoms. The van der Waals surface area contributed by atoms with E-state index in [0.717, 1.165) is 0 Å². The third-order valence-corrected chi connectivity index (χ3v) is 3.04. The van der Waals surface area contributed by atoms with E-state index < -0.39 is 11.9 Å². The van der Waals surface area contributed by atoms with Gasteiger partial charge < -0.3 is 20.5 Å². The molecule has 1 atom stereocenters. The van der Waals surface area contributed by atoms with Crippen LogP contribution in [0.1, 0.15) is 6.42 Å². The number of nitrogens with zero attached hydrogens (tertiary/aromatic N) is 3. The summed E-state index contributed by atoms with van der Waals surface area (Å²) in [5, 5.41) is 3.06. The Labute approximate surface area is 105 Å². The third kappa shape index (κ3) is 2.86. The van der Waals surface area contributed by atoms with Gasteiger partial charge in [0.2, 0.25) is 11.8 Å². The summed E-state index contributed by atoms with van der Waals surface area (Å²) in [7, 11) is 0. The molecule has 3 N–H and O–H groups in total. The molecule has 0 aliphatic carbocycles. The topological polar surface area (TPSA) is 93.3 Å². The summed E-state index contributed by atoms with van der Waals surface area (Å²) in [6, 6.07) is -0.533. The van der Waals surface area contributed by atoms with Gasteiger partial charge in [-0.05, 0) is 0 Å². The van der Waals surface area contributed by atoms with Crippen LogP contribution in [-0.2, 0) is 16.1 Å². The molecule has 1 saturated heterocycles. The lowest BCUT2D eigenvalue weighted by atomic mass is 10.1. The Morgan fingerprint density at radius 3 is 3.00 bits per heavy atom. The van der Waals surface area contributed by atoms with Crippen LogP contribution < -0.4 is 11.1 Å². The molecule has 1 aromatic heterocycles. The van der Waals surface area contributed by atoms with E-state index in [0.29, 0.717) is 32.6 Å². The molecular formula is C11H17N5O2. The van der Waals surface area contributed by atoms with E-state index in [9.17, 15) is 9.59 Å². The largest absolute Gasteiger partial charge is 0.368 e. The first kappa shape index (κ1) is 12.6. The van der Waals surface area contributed by atoms with Gasteiger partial charge in [-0.15, -0.1) is 0 Å². The van der Waals surface area contributed by atoms with E-state index in [2.05, 4.69) is 10.3 Å². The molecule has 1 unspecified atom stereocenters. The number of aryl methyl sites for hydroxylation is 1. The van der Waals surface area contributed by atoms with Crippen LogP contribution in [0.4, 0.5) is 0 Å². The van der Waals surface area contributed by atoms with E-state index in [1.165, 1.54) is 0 Å². The van der Waals surface area contributed by atoms with E-state index in [1.807, 2.05) is 4.57 Å². The molecule has 0 spiro atoms. The maximum Gasteiger partial charge on any atom is 0.241 e. The lowest BCUT2D eigenvalue weighted by Crippen LogP contribution is -2.58. The van der Waals surface area contributed by atoms with Gasteiger partial charge in [0.25, 0.3) is 0 Å². The van der Waals surface area contributed by atoms with Crippen LogP contribution in [-0.4, -0.2) is 51.9 Å². The smallest absolute Gasteiger partial charge is 0.241 e. The Morgan fingerprint density at radius 1 is 1.50 bits per heavy atom. The normalized spacial score (nSPS) is 19.8. The zero-order valence-electron chi connectivity index (χ0n) is 10.1. The highest BCUT2D eigenvalue weighted by molar-refractivity contribution is 5.87. The SMILES string of the molecule is NC(=O)C1CNCCN1C(=O)CCn1ccnc1.